The largest absolute Gasteiger partial charge is 0.360 e. The Labute approximate surface area is 100 Å². The lowest BCUT2D eigenvalue weighted by Gasteiger charge is -2.07. The second-order valence-electron chi connectivity index (χ2n) is 3.14. The predicted molar refractivity (Wildman–Crippen MR) is 63.6 cm³/mol. The SMILES string of the molecule is CCNC(=O)COS(=O)(=O)Nc1ccccc1. The van der Waals surface area contributed by atoms with E-state index in [0.29, 0.717) is 12.2 Å². The number of amides is 1. The molecule has 0 saturated carbocycles. The molecule has 0 spiro atoms. The van der Waals surface area contributed by atoms with Crippen LogP contribution in [0.2, 0.25) is 0 Å². The van der Waals surface area contributed by atoms with Crippen LogP contribution in [0.1, 0.15) is 6.92 Å². The quantitative estimate of drug-likeness (QED) is 0.778. The van der Waals surface area contributed by atoms with Gasteiger partial charge in [-0.05, 0) is 19.1 Å². The first-order chi connectivity index (χ1) is 8.03. The van der Waals surface area contributed by atoms with Crippen LogP contribution >= 0.6 is 0 Å². The van der Waals surface area contributed by atoms with Gasteiger partial charge in [0.05, 0.1) is 5.69 Å². The molecule has 0 radical (unpaired) electrons. The van der Waals surface area contributed by atoms with E-state index in [9.17, 15) is 13.2 Å². The molecule has 0 saturated heterocycles. The highest BCUT2D eigenvalue weighted by Crippen LogP contribution is 2.08. The third kappa shape index (κ3) is 5.32. The molecular formula is C10H14N2O4S. The van der Waals surface area contributed by atoms with Crippen LogP contribution in [0.15, 0.2) is 30.3 Å². The molecule has 1 aromatic carbocycles. The van der Waals surface area contributed by atoms with Crippen LogP contribution in [0.4, 0.5) is 5.69 Å². The highest BCUT2D eigenvalue weighted by molar-refractivity contribution is 7.88. The second-order valence-corrected chi connectivity index (χ2v) is 4.49. The van der Waals surface area contributed by atoms with Crippen molar-refractivity contribution in [3.05, 3.63) is 30.3 Å². The van der Waals surface area contributed by atoms with Crippen molar-refractivity contribution in [1.82, 2.24) is 5.32 Å². The minimum atomic E-state index is -3.96. The van der Waals surface area contributed by atoms with Crippen molar-refractivity contribution in [3.63, 3.8) is 0 Å². The molecule has 0 atom stereocenters. The van der Waals surface area contributed by atoms with Crippen molar-refractivity contribution < 1.29 is 17.4 Å². The summed E-state index contributed by atoms with van der Waals surface area (Å²) in [5, 5.41) is 2.43. The molecule has 0 aliphatic heterocycles. The second kappa shape index (κ2) is 6.21. The van der Waals surface area contributed by atoms with Gasteiger partial charge >= 0.3 is 10.3 Å². The maximum Gasteiger partial charge on any atom is 0.360 e. The maximum atomic E-state index is 11.4. The lowest BCUT2D eigenvalue weighted by Crippen LogP contribution is -2.29. The van der Waals surface area contributed by atoms with E-state index < -0.39 is 22.8 Å². The van der Waals surface area contributed by atoms with E-state index in [1.165, 1.54) is 0 Å². The zero-order valence-electron chi connectivity index (χ0n) is 9.34. The first-order valence-corrected chi connectivity index (χ1v) is 6.43. The molecule has 0 aliphatic rings. The van der Waals surface area contributed by atoms with Gasteiger partial charge in [-0.3, -0.25) is 9.52 Å². The van der Waals surface area contributed by atoms with Gasteiger partial charge in [0.25, 0.3) is 0 Å². The van der Waals surface area contributed by atoms with E-state index in [2.05, 4.69) is 14.2 Å². The van der Waals surface area contributed by atoms with E-state index in [0.717, 1.165) is 0 Å². The maximum absolute atomic E-state index is 11.4. The summed E-state index contributed by atoms with van der Waals surface area (Å²) in [6.07, 6.45) is 0. The van der Waals surface area contributed by atoms with Crippen LogP contribution < -0.4 is 10.0 Å². The summed E-state index contributed by atoms with van der Waals surface area (Å²) in [7, 11) is -3.96. The molecule has 0 unspecified atom stereocenters. The van der Waals surface area contributed by atoms with Crippen LogP contribution in [-0.2, 0) is 19.3 Å². The Kier molecular flexibility index (Phi) is 4.92. The highest BCUT2D eigenvalue weighted by Gasteiger charge is 2.12. The molecule has 1 aromatic rings. The Morgan fingerprint density at radius 1 is 1.29 bits per heavy atom. The number of nitrogens with one attached hydrogen (secondary N) is 2. The highest BCUT2D eigenvalue weighted by atomic mass is 32.2. The van der Waals surface area contributed by atoms with Gasteiger partial charge in [-0.1, -0.05) is 18.2 Å². The van der Waals surface area contributed by atoms with Gasteiger partial charge in [0.15, 0.2) is 0 Å². The summed E-state index contributed by atoms with van der Waals surface area (Å²) in [5.74, 6) is -0.481. The average molecular weight is 258 g/mol. The van der Waals surface area contributed by atoms with Crippen molar-refractivity contribution in [2.75, 3.05) is 17.9 Å². The van der Waals surface area contributed by atoms with Gasteiger partial charge in [-0.25, -0.2) is 4.18 Å². The summed E-state index contributed by atoms with van der Waals surface area (Å²) in [5.41, 5.74) is 0.378. The number of para-hydroxylation sites is 1. The fraction of sp³-hybridized carbons (Fsp3) is 0.300. The van der Waals surface area contributed by atoms with Gasteiger partial charge < -0.3 is 5.32 Å². The molecule has 1 amide bonds. The van der Waals surface area contributed by atoms with E-state index in [1.54, 1.807) is 37.3 Å². The monoisotopic (exact) mass is 258 g/mol. The Bertz CT molecular complexity index is 458. The molecule has 17 heavy (non-hydrogen) atoms. The summed E-state index contributed by atoms with van der Waals surface area (Å²) in [4.78, 5) is 11.0. The minimum Gasteiger partial charge on any atom is -0.354 e. The molecule has 1 rings (SSSR count). The van der Waals surface area contributed by atoms with Crippen molar-refractivity contribution >= 4 is 21.9 Å². The van der Waals surface area contributed by atoms with E-state index in [-0.39, 0.29) is 0 Å². The zero-order chi connectivity index (χ0) is 12.7. The van der Waals surface area contributed by atoms with Crippen molar-refractivity contribution in [3.8, 4) is 0 Å². The first kappa shape index (κ1) is 13.5. The lowest BCUT2D eigenvalue weighted by atomic mass is 10.3. The molecule has 2 N–H and O–H groups in total. The topological polar surface area (TPSA) is 84.5 Å². The van der Waals surface area contributed by atoms with Gasteiger partial charge in [0.2, 0.25) is 5.91 Å². The standard InChI is InChI=1S/C10H14N2O4S/c1-2-11-10(13)8-16-17(14,15)12-9-6-4-3-5-7-9/h3-7,12H,2,8H2,1H3,(H,11,13). The van der Waals surface area contributed by atoms with Gasteiger partial charge in [-0.2, -0.15) is 8.42 Å². The molecule has 0 aromatic heterocycles. The van der Waals surface area contributed by atoms with Gasteiger partial charge in [0, 0.05) is 6.54 Å². The fourth-order valence-electron chi connectivity index (χ4n) is 1.06. The van der Waals surface area contributed by atoms with E-state index >= 15 is 0 Å². The van der Waals surface area contributed by atoms with E-state index in [1.807, 2.05) is 0 Å². The van der Waals surface area contributed by atoms with Gasteiger partial charge in [0.1, 0.15) is 6.61 Å². The molecule has 0 heterocycles. The Hall–Kier alpha value is -1.60. The lowest BCUT2D eigenvalue weighted by molar-refractivity contribution is -0.122. The number of benzene rings is 1. The number of carbonyl (C=O) groups is 1. The van der Waals surface area contributed by atoms with Crippen molar-refractivity contribution in [2.24, 2.45) is 0 Å². The Morgan fingerprint density at radius 2 is 1.94 bits per heavy atom. The fourth-order valence-corrected chi connectivity index (χ4v) is 1.81. The summed E-state index contributed by atoms with van der Waals surface area (Å²) in [6.45, 7) is 1.62. The molecule has 0 bridgehead atoms. The zero-order valence-corrected chi connectivity index (χ0v) is 10.2. The number of anilines is 1. The average Bonchev–Trinajstić information content (AvgIpc) is 2.28. The summed E-state index contributed by atoms with van der Waals surface area (Å²) >= 11 is 0. The van der Waals surface area contributed by atoms with Crippen LogP contribution in [-0.4, -0.2) is 27.5 Å². The molecule has 0 fully saturated rings. The van der Waals surface area contributed by atoms with Crippen molar-refractivity contribution in [1.29, 1.82) is 0 Å². The Balaban J connectivity index is 2.50. The third-order valence-corrected chi connectivity index (χ3v) is 2.65. The Morgan fingerprint density at radius 3 is 2.53 bits per heavy atom. The summed E-state index contributed by atoms with van der Waals surface area (Å²) in [6, 6.07) is 8.27. The molecule has 7 heteroatoms. The van der Waals surface area contributed by atoms with Gasteiger partial charge in [-0.15, -0.1) is 0 Å². The van der Waals surface area contributed by atoms with Crippen LogP contribution in [0.3, 0.4) is 0 Å². The van der Waals surface area contributed by atoms with Crippen LogP contribution in [0.25, 0.3) is 0 Å². The van der Waals surface area contributed by atoms with Crippen LogP contribution in [0.5, 0.6) is 0 Å². The number of likely N-dealkylation sites (N-methyl/N-ethyl adjacent to an activating group) is 1. The van der Waals surface area contributed by atoms with Crippen molar-refractivity contribution in [2.45, 2.75) is 6.92 Å². The molecular weight excluding hydrogens is 244 g/mol. The van der Waals surface area contributed by atoms with Crippen LogP contribution in [0, 0.1) is 0 Å². The number of hydrogen-bond donors (Lipinski definition) is 2. The minimum absolute atomic E-state index is 0.378. The van der Waals surface area contributed by atoms with E-state index in [4.69, 9.17) is 0 Å². The normalized spacial score (nSPS) is 10.9. The summed E-state index contributed by atoms with van der Waals surface area (Å²) < 4.78 is 29.5. The molecule has 6 nitrogen and oxygen atoms in total. The molecule has 0 aliphatic carbocycles. The smallest absolute Gasteiger partial charge is 0.354 e. The number of hydrogen-bond acceptors (Lipinski definition) is 4. The first-order valence-electron chi connectivity index (χ1n) is 5.02. The number of rotatable bonds is 6. The molecule has 94 valence electrons. The predicted octanol–water partition coefficient (Wildman–Crippen LogP) is 0.496. The third-order valence-electron chi connectivity index (χ3n) is 1.74. The number of carbonyl (C=O) groups excluding carboxylic acids is 1.